The van der Waals surface area contributed by atoms with E-state index in [0.717, 1.165) is 58.4 Å². The SMILES string of the molecule is CCNC(=NCc1cccc(Cn2cncn2)c1)NCCN1CCOCC1. The van der Waals surface area contributed by atoms with Gasteiger partial charge in [0.1, 0.15) is 12.7 Å². The second-order valence-corrected chi connectivity index (χ2v) is 6.49. The largest absolute Gasteiger partial charge is 0.379 e. The van der Waals surface area contributed by atoms with Crippen LogP contribution in [-0.4, -0.2) is 71.6 Å². The number of nitrogens with one attached hydrogen (secondary N) is 2. The summed E-state index contributed by atoms with van der Waals surface area (Å²) in [6.45, 7) is 9.83. The average Bonchev–Trinajstić information content (AvgIpc) is 3.20. The fourth-order valence-electron chi connectivity index (χ4n) is 3.00. The van der Waals surface area contributed by atoms with E-state index in [1.54, 1.807) is 12.7 Å². The van der Waals surface area contributed by atoms with Gasteiger partial charge in [0.05, 0.1) is 26.3 Å². The van der Waals surface area contributed by atoms with E-state index in [1.807, 2.05) is 4.68 Å². The Hall–Kier alpha value is -2.45. The van der Waals surface area contributed by atoms with Crippen molar-refractivity contribution in [1.82, 2.24) is 30.3 Å². The number of aliphatic imine (C=N–C) groups is 1. The molecule has 1 saturated heterocycles. The van der Waals surface area contributed by atoms with Crippen molar-refractivity contribution in [2.24, 2.45) is 4.99 Å². The molecule has 1 fully saturated rings. The highest BCUT2D eigenvalue weighted by atomic mass is 16.5. The fraction of sp³-hybridized carbons (Fsp3) is 0.526. The van der Waals surface area contributed by atoms with Crippen LogP contribution in [0.3, 0.4) is 0 Å². The lowest BCUT2D eigenvalue weighted by molar-refractivity contribution is 0.0389. The van der Waals surface area contributed by atoms with E-state index >= 15 is 0 Å². The predicted octanol–water partition coefficient (Wildman–Crippen LogP) is 0.714. The lowest BCUT2D eigenvalue weighted by Crippen LogP contribution is -2.44. The van der Waals surface area contributed by atoms with E-state index in [1.165, 1.54) is 11.1 Å². The van der Waals surface area contributed by atoms with E-state index in [-0.39, 0.29) is 0 Å². The average molecular weight is 371 g/mol. The number of rotatable bonds is 8. The highest BCUT2D eigenvalue weighted by Crippen LogP contribution is 2.08. The first-order valence-corrected chi connectivity index (χ1v) is 9.56. The van der Waals surface area contributed by atoms with Crippen molar-refractivity contribution in [1.29, 1.82) is 0 Å². The summed E-state index contributed by atoms with van der Waals surface area (Å²) in [5, 5.41) is 10.9. The van der Waals surface area contributed by atoms with Crippen LogP contribution in [0.15, 0.2) is 41.9 Å². The van der Waals surface area contributed by atoms with Crippen LogP contribution in [-0.2, 0) is 17.8 Å². The summed E-state index contributed by atoms with van der Waals surface area (Å²) in [6.07, 6.45) is 3.28. The molecule has 0 radical (unpaired) electrons. The van der Waals surface area contributed by atoms with Crippen LogP contribution in [0.4, 0.5) is 0 Å². The Morgan fingerprint density at radius 1 is 1.22 bits per heavy atom. The summed E-state index contributed by atoms with van der Waals surface area (Å²) < 4.78 is 7.21. The molecule has 1 aliphatic heterocycles. The van der Waals surface area contributed by atoms with Crippen LogP contribution in [0, 0.1) is 0 Å². The van der Waals surface area contributed by atoms with E-state index < -0.39 is 0 Å². The van der Waals surface area contributed by atoms with E-state index in [4.69, 9.17) is 9.73 Å². The van der Waals surface area contributed by atoms with Gasteiger partial charge in [-0.25, -0.2) is 14.7 Å². The van der Waals surface area contributed by atoms with Crippen LogP contribution >= 0.6 is 0 Å². The molecule has 0 saturated carbocycles. The maximum absolute atomic E-state index is 5.39. The van der Waals surface area contributed by atoms with E-state index in [9.17, 15) is 0 Å². The van der Waals surface area contributed by atoms with Crippen LogP contribution in [0.1, 0.15) is 18.1 Å². The molecule has 2 heterocycles. The molecular formula is C19H29N7O. The second kappa shape index (κ2) is 10.6. The van der Waals surface area contributed by atoms with E-state index in [0.29, 0.717) is 6.54 Å². The minimum Gasteiger partial charge on any atom is -0.379 e. The van der Waals surface area contributed by atoms with Crippen LogP contribution in [0.2, 0.25) is 0 Å². The first-order valence-electron chi connectivity index (χ1n) is 9.56. The number of morpholine rings is 1. The maximum Gasteiger partial charge on any atom is 0.191 e. The summed E-state index contributed by atoms with van der Waals surface area (Å²) >= 11 is 0. The molecule has 0 unspecified atom stereocenters. The Labute approximate surface area is 160 Å². The van der Waals surface area contributed by atoms with Gasteiger partial charge in [0, 0.05) is 32.7 Å². The van der Waals surface area contributed by atoms with Gasteiger partial charge in [0.15, 0.2) is 5.96 Å². The molecule has 0 amide bonds. The molecule has 27 heavy (non-hydrogen) atoms. The molecule has 1 aromatic carbocycles. The molecule has 2 aromatic rings. The second-order valence-electron chi connectivity index (χ2n) is 6.49. The Bertz CT molecular complexity index is 696. The monoisotopic (exact) mass is 371 g/mol. The normalized spacial score (nSPS) is 15.7. The first kappa shape index (κ1) is 19.3. The molecule has 0 spiro atoms. The molecule has 0 atom stereocenters. The molecule has 0 aliphatic carbocycles. The number of ether oxygens (including phenoxy) is 1. The topological polar surface area (TPSA) is 79.6 Å². The number of hydrogen-bond donors (Lipinski definition) is 2. The van der Waals surface area contributed by atoms with Crippen molar-refractivity contribution in [3.63, 3.8) is 0 Å². The zero-order valence-corrected chi connectivity index (χ0v) is 16.0. The van der Waals surface area contributed by atoms with Crippen molar-refractivity contribution in [3.05, 3.63) is 48.0 Å². The summed E-state index contributed by atoms with van der Waals surface area (Å²) in [5.74, 6) is 0.854. The Morgan fingerprint density at radius 2 is 2.07 bits per heavy atom. The summed E-state index contributed by atoms with van der Waals surface area (Å²) in [4.78, 5) is 11.1. The van der Waals surface area contributed by atoms with Crippen molar-refractivity contribution < 1.29 is 4.74 Å². The minimum absolute atomic E-state index is 0.637. The third-order valence-electron chi connectivity index (χ3n) is 4.39. The highest BCUT2D eigenvalue weighted by Gasteiger charge is 2.09. The summed E-state index contributed by atoms with van der Waals surface area (Å²) in [5.41, 5.74) is 2.37. The molecular weight excluding hydrogens is 342 g/mol. The quantitative estimate of drug-likeness (QED) is 0.526. The van der Waals surface area contributed by atoms with Gasteiger partial charge in [0.25, 0.3) is 0 Å². The van der Waals surface area contributed by atoms with Gasteiger partial charge in [-0.05, 0) is 18.1 Å². The lowest BCUT2D eigenvalue weighted by Gasteiger charge is -2.26. The summed E-state index contributed by atoms with van der Waals surface area (Å²) in [7, 11) is 0. The number of aromatic nitrogens is 3. The number of nitrogens with zero attached hydrogens (tertiary/aromatic N) is 5. The minimum atomic E-state index is 0.637. The third-order valence-corrected chi connectivity index (χ3v) is 4.39. The molecule has 0 bridgehead atoms. The molecule has 8 heteroatoms. The Morgan fingerprint density at radius 3 is 2.85 bits per heavy atom. The Balaban J connectivity index is 1.51. The van der Waals surface area contributed by atoms with Gasteiger partial charge in [-0.1, -0.05) is 24.3 Å². The molecule has 1 aromatic heterocycles. The van der Waals surface area contributed by atoms with Gasteiger partial charge in [-0.3, -0.25) is 4.90 Å². The highest BCUT2D eigenvalue weighted by molar-refractivity contribution is 5.79. The number of guanidine groups is 1. The first-order chi connectivity index (χ1) is 13.3. The molecule has 8 nitrogen and oxygen atoms in total. The van der Waals surface area contributed by atoms with Crippen LogP contribution in [0.25, 0.3) is 0 Å². The van der Waals surface area contributed by atoms with Gasteiger partial charge < -0.3 is 15.4 Å². The molecule has 3 rings (SSSR count). The van der Waals surface area contributed by atoms with E-state index in [2.05, 4.69) is 56.8 Å². The van der Waals surface area contributed by atoms with Crippen LogP contribution < -0.4 is 10.6 Å². The van der Waals surface area contributed by atoms with Gasteiger partial charge >= 0.3 is 0 Å². The summed E-state index contributed by atoms with van der Waals surface area (Å²) in [6, 6.07) is 8.44. The third kappa shape index (κ3) is 6.65. The fourth-order valence-corrected chi connectivity index (χ4v) is 3.00. The number of benzene rings is 1. The van der Waals surface area contributed by atoms with Crippen LogP contribution in [0.5, 0.6) is 0 Å². The molecule has 1 aliphatic rings. The zero-order chi connectivity index (χ0) is 18.7. The number of hydrogen-bond acceptors (Lipinski definition) is 5. The van der Waals surface area contributed by atoms with Gasteiger partial charge in [0.2, 0.25) is 0 Å². The molecule has 146 valence electrons. The smallest absolute Gasteiger partial charge is 0.191 e. The van der Waals surface area contributed by atoms with Gasteiger partial charge in [-0.2, -0.15) is 5.10 Å². The Kier molecular flexibility index (Phi) is 7.61. The zero-order valence-electron chi connectivity index (χ0n) is 16.0. The lowest BCUT2D eigenvalue weighted by atomic mass is 10.1. The predicted molar refractivity (Wildman–Crippen MR) is 106 cm³/mol. The van der Waals surface area contributed by atoms with Crippen molar-refractivity contribution >= 4 is 5.96 Å². The van der Waals surface area contributed by atoms with Crippen molar-refractivity contribution in [2.75, 3.05) is 45.9 Å². The van der Waals surface area contributed by atoms with Crippen molar-refractivity contribution in [3.8, 4) is 0 Å². The molecule has 2 N–H and O–H groups in total. The standard InChI is InChI=1S/C19H29N7O/c1-2-21-19(22-6-7-25-8-10-27-11-9-25)23-13-17-4-3-5-18(12-17)14-26-16-20-15-24-26/h3-5,12,15-16H,2,6-11,13-14H2,1H3,(H2,21,22,23). The van der Waals surface area contributed by atoms with Gasteiger partial charge in [-0.15, -0.1) is 0 Å². The van der Waals surface area contributed by atoms with Crippen molar-refractivity contribution in [2.45, 2.75) is 20.0 Å². The maximum atomic E-state index is 5.39.